The highest BCUT2D eigenvalue weighted by Gasteiger charge is 2.45. The fourth-order valence-corrected chi connectivity index (χ4v) is 7.50. The fourth-order valence-electron chi connectivity index (χ4n) is 7.50. The van der Waals surface area contributed by atoms with Gasteiger partial charge in [0.15, 0.2) is 5.65 Å². The molecule has 3 aromatic carbocycles. The molecule has 6 amide bonds. The zero-order chi connectivity index (χ0) is 38.8. The summed E-state index contributed by atoms with van der Waals surface area (Å²) >= 11 is 0. The van der Waals surface area contributed by atoms with Crippen LogP contribution in [0.1, 0.15) is 52.8 Å². The van der Waals surface area contributed by atoms with Crippen molar-refractivity contribution in [2.24, 2.45) is 0 Å². The van der Waals surface area contributed by atoms with Crippen LogP contribution in [-0.4, -0.2) is 110 Å². The predicted octanol–water partition coefficient (Wildman–Crippen LogP) is 4.21. The van der Waals surface area contributed by atoms with Crippen LogP contribution in [-0.2, 0) is 9.59 Å². The third-order valence-electron chi connectivity index (χ3n) is 10.5. The minimum Gasteiger partial charge on any atom is -0.457 e. The molecule has 0 bridgehead atoms. The van der Waals surface area contributed by atoms with Gasteiger partial charge in [0.05, 0.1) is 22.2 Å². The number of amides is 6. The number of likely N-dealkylation sites (tertiary alicyclic amines) is 1. The van der Waals surface area contributed by atoms with Gasteiger partial charge in [-0.3, -0.25) is 34.5 Å². The van der Waals surface area contributed by atoms with Crippen LogP contribution in [0.3, 0.4) is 0 Å². The number of H-pyrrole nitrogens is 1. The highest BCUT2D eigenvalue weighted by atomic mass is 16.5. The van der Waals surface area contributed by atoms with E-state index in [9.17, 15) is 24.0 Å². The van der Waals surface area contributed by atoms with Crippen LogP contribution >= 0.6 is 0 Å². The van der Waals surface area contributed by atoms with Crippen molar-refractivity contribution in [2.45, 2.75) is 38.1 Å². The molecule has 1 atom stereocenters. The van der Waals surface area contributed by atoms with E-state index in [2.05, 4.69) is 30.4 Å². The lowest BCUT2D eigenvalue weighted by Crippen LogP contribution is -2.54. The third-order valence-corrected chi connectivity index (χ3v) is 10.5. The number of nitrogens with two attached hydrogens (primary N) is 1. The topological polar surface area (TPSA) is 200 Å². The van der Waals surface area contributed by atoms with Crippen molar-refractivity contribution in [1.82, 2.24) is 40.2 Å². The molecule has 2 aromatic heterocycles. The molecule has 5 aromatic rings. The predicted molar refractivity (Wildman–Crippen MR) is 206 cm³/mol. The summed E-state index contributed by atoms with van der Waals surface area (Å²) in [7, 11) is 0. The number of nitrogens with one attached hydrogen (secondary N) is 2. The van der Waals surface area contributed by atoms with Crippen LogP contribution in [0.2, 0.25) is 0 Å². The number of carbonyl (C=O) groups excluding carboxylic acids is 5. The summed E-state index contributed by atoms with van der Waals surface area (Å²) < 4.78 is 5.79. The van der Waals surface area contributed by atoms with Gasteiger partial charge in [-0.25, -0.2) is 14.8 Å². The molecule has 4 aliphatic rings. The number of urea groups is 1. The summed E-state index contributed by atoms with van der Waals surface area (Å²) in [4.78, 5) is 77.4. The molecule has 9 rings (SSSR count). The Morgan fingerprint density at radius 2 is 1.46 bits per heavy atom. The number of aromatic nitrogens is 4. The van der Waals surface area contributed by atoms with Crippen LogP contribution in [0, 0.1) is 0 Å². The first-order chi connectivity index (χ1) is 27.2. The number of piperidine rings is 2. The number of para-hydroxylation sites is 1. The maximum atomic E-state index is 13.0. The van der Waals surface area contributed by atoms with E-state index < -0.39 is 29.7 Å². The number of piperazine rings is 1. The van der Waals surface area contributed by atoms with Crippen LogP contribution < -0.4 is 20.7 Å². The lowest BCUT2D eigenvalue weighted by atomic mass is 10.0. The van der Waals surface area contributed by atoms with E-state index in [1.807, 2.05) is 64.4 Å². The Labute approximate surface area is 321 Å². The molecule has 56 heavy (non-hydrogen) atoms. The molecule has 0 radical (unpaired) electrons. The van der Waals surface area contributed by atoms with Gasteiger partial charge in [0.1, 0.15) is 29.7 Å². The highest BCUT2D eigenvalue weighted by Crippen LogP contribution is 2.32. The van der Waals surface area contributed by atoms with E-state index in [4.69, 9.17) is 10.5 Å². The van der Waals surface area contributed by atoms with Crippen molar-refractivity contribution < 1.29 is 28.7 Å². The second kappa shape index (κ2) is 15.5. The van der Waals surface area contributed by atoms with Crippen LogP contribution in [0.5, 0.6) is 11.5 Å². The summed E-state index contributed by atoms with van der Waals surface area (Å²) in [6.07, 6.45) is 4.93. The number of anilines is 2. The molecule has 3 saturated heterocycles. The quantitative estimate of drug-likeness (QED) is 0.217. The zero-order valence-electron chi connectivity index (χ0n) is 30.5. The van der Waals surface area contributed by atoms with Gasteiger partial charge in [0.25, 0.3) is 11.8 Å². The number of benzene rings is 3. The Hall–Kier alpha value is -6.84. The maximum Gasteiger partial charge on any atom is 0.320 e. The minimum atomic E-state index is -0.970. The van der Waals surface area contributed by atoms with Gasteiger partial charge in [-0.1, -0.05) is 18.2 Å². The van der Waals surface area contributed by atoms with Gasteiger partial charge in [0, 0.05) is 56.9 Å². The molecule has 16 heteroatoms. The zero-order valence-corrected chi connectivity index (χ0v) is 30.5. The molecular formula is C40H40N10O6. The number of rotatable bonds is 5. The number of fused-ring (bicyclic) bond motifs is 2. The SMILES string of the molecule is Nc1ncnc2n[nH]c(-c3ccc(Oc4ccccc4)cc3)c12.O=C1CCC(N2C(=O)c3ccc(N4CCN(C(=O)N5CCCCC5)CC4)cc3C2=O)C(=O)N1. The number of hydrogen-bond acceptors (Lipinski definition) is 11. The lowest BCUT2D eigenvalue weighted by molar-refractivity contribution is -0.136. The molecular weight excluding hydrogens is 717 g/mol. The molecule has 6 heterocycles. The summed E-state index contributed by atoms with van der Waals surface area (Å²) in [5.74, 6) is -0.0666. The van der Waals surface area contributed by atoms with Gasteiger partial charge in [-0.2, -0.15) is 5.10 Å². The molecule has 3 fully saturated rings. The number of nitrogens with zero attached hydrogens (tertiary/aromatic N) is 7. The van der Waals surface area contributed by atoms with E-state index in [0.29, 0.717) is 37.6 Å². The van der Waals surface area contributed by atoms with E-state index in [-0.39, 0.29) is 30.0 Å². The van der Waals surface area contributed by atoms with Crippen molar-refractivity contribution >= 4 is 52.2 Å². The third kappa shape index (κ3) is 7.20. The first-order valence-electron chi connectivity index (χ1n) is 18.7. The van der Waals surface area contributed by atoms with Gasteiger partial charge < -0.3 is 25.2 Å². The summed E-state index contributed by atoms with van der Waals surface area (Å²) in [6.45, 7) is 4.12. The number of ether oxygens (including phenoxy) is 1. The van der Waals surface area contributed by atoms with Crippen molar-refractivity contribution in [3.05, 3.63) is 90.3 Å². The molecule has 4 N–H and O–H groups in total. The van der Waals surface area contributed by atoms with E-state index >= 15 is 0 Å². The average Bonchev–Trinajstić information content (AvgIpc) is 3.78. The molecule has 4 aliphatic heterocycles. The van der Waals surface area contributed by atoms with Gasteiger partial charge in [0.2, 0.25) is 11.8 Å². The minimum absolute atomic E-state index is 0.0927. The Morgan fingerprint density at radius 1 is 0.768 bits per heavy atom. The number of nitrogen functional groups attached to an aromatic ring is 1. The first kappa shape index (κ1) is 36.2. The first-order valence-corrected chi connectivity index (χ1v) is 18.7. The molecule has 0 spiro atoms. The molecule has 0 aliphatic carbocycles. The highest BCUT2D eigenvalue weighted by molar-refractivity contribution is 6.23. The Morgan fingerprint density at radius 3 is 2.20 bits per heavy atom. The standard InChI is InChI=1S/C23H27N5O5.C17H13N5O/c29-19-7-6-18(20(30)24-19)28-21(31)16-5-4-15(14-17(16)22(28)32)25-10-12-27(13-11-25)23(33)26-8-2-1-3-9-26;18-16-14-15(21-22-17(14)20-10-19-16)11-6-8-13(9-7-11)23-12-4-2-1-3-5-12/h4-5,14,18H,1-3,6-13H2,(H,24,29,30);1-10H,(H3,18,19,20,21,22). The average molecular weight is 757 g/mol. The van der Waals surface area contributed by atoms with Gasteiger partial charge in [-0.05, 0) is 80.3 Å². The number of aromatic amines is 1. The van der Waals surface area contributed by atoms with Crippen molar-refractivity contribution in [3.63, 3.8) is 0 Å². The molecule has 1 unspecified atom stereocenters. The molecule has 0 saturated carbocycles. The van der Waals surface area contributed by atoms with E-state index in [1.165, 1.54) is 12.7 Å². The molecule has 286 valence electrons. The summed E-state index contributed by atoms with van der Waals surface area (Å²) in [6, 6.07) is 21.6. The van der Waals surface area contributed by atoms with Crippen molar-refractivity contribution in [2.75, 3.05) is 49.9 Å². The number of hydrogen-bond donors (Lipinski definition) is 3. The van der Waals surface area contributed by atoms with E-state index in [0.717, 1.165) is 64.7 Å². The monoisotopic (exact) mass is 756 g/mol. The Kier molecular flexibility index (Phi) is 10.00. The number of carbonyl (C=O) groups is 5. The van der Waals surface area contributed by atoms with Gasteiger partial charge in [-0.15, -0.1) is 0 Å². The summed E-state index contributed by atoms with van der Waals surface area (Å²) in [5, 5.41) is 10.1. The van der Waals surface area contributed by atoms with Crippen molar-refractivity contribution in [1.29, 1.82) is 0 Å². The van der Waals surface area contributed by atoms with E-state index in [1.54, 1.807) is 18.2 Å². The second-order valence-electron chi connectivity index (χ2n) is 14.0. The smallest absolute Gasteiger partial charge is 0.320 e. The normalized spacial score (nSPS) is 18.4. The van der Waals surface area contributed by atoms with Crippen molar-refractivity contribution in [3.8, 4) is 22.8 Å². The van der Waals surface area contributed by atoms with Crippen LogP contribution in [0.25, 0.3) is 22.3 Å². The fraction of sp³-hybridized carbons (Fsp3) is 0.300. The summed E-state index contributed by atoms with van der Waals surface area (Å²) in [5.41, 5.74) is 9.58. The second-order valence-corrected chi connectivity index (χ2v) is 14.0. The lowest BCUT2D eigenvalue weighted by Gasteiger charge is -2.39. The maximum absolute atomic E-state index is 13.0. The molecule has 16 nitrogen and oxygen atoms in total. The van der Waals surface area contributed by atoms with Gasteiger partial charge >= 0.3 is 6.03 Å². The number of imide groups is 2. The Balaban J connectivity index is 0.000000168. The Bertz CT molecular complexity index is 2300. The largest absolute Gasteiger partial charge is 0.457 e. The van der Waals surface area contributed by atoms with Crippen LogP contribution in [0.15, 0.2) is 79.1 Å². The van der Waals surface area contributed by atoms with Crippen LogP contribution in [0.4, 0.5) is 16.3 Å².